The van der Waals surface area contributed by atoms with E-state index in [1.807, 2.05) is 0 Å². The van der Waals surface area contributed by atoms with Crippen molar-refractivity contribution in [3.63, 3.8) is 0 Å². The first-order valence-electron chi connectivity index (χ1n) is 11.7. The topological polar surface area (TPSA) is 96.3 Å². The molecule has 0 aromatic heterocycles. The molecule has 13 atom stereocenters. The van der Waals surface area contributed by atoms with Crippen molar-refractivity contribution >= 4 is 11.9 Å². The number of esters is 2. The van der Waals surface area contributed by atoms with Crippen LogP contribution < -0.4 is 0 Å². The van der Waals surface area contributed by atoms with Crippen molar-refractivity contribution in [2.75, 3.05) is 6.54 Å². The van der Waals surface area contributed by atoms with Crippen LogP contribution in [0.15, 0.2) is 12.2 Å². The number of aliphatic hydroxyl groups excluding tert-OH is 1. The highest BCUT2D eigenvalue weighted by molar-refractivity contribution is 5.67. The minimum absolute atomic E-state index is 0.0169. The number of aliphatic hydroxyl groups is 2. The maximum absolute atomic E-state index is 12.4. The molecule has 9 fully saturated rings. The number of ether oxygens (including phenoxy) is 2. The second kappa shape index (κ2) is 5.05. The van der Waals surface area contributed by atoms with Gasteiger partial charge in [0.25, 0.3) is 0 Å². The number of piperidine rings is 2. The Morgan fingerprint density at radius 2 is 1.84 bits per heavy atom. The van der Waals surface area contributed by atoms with Crippen LogP contribution in [-0.4, -0.2) is 69.6 Å². The van der Waals surface area contributed by atoms with Gasteiger partial charge in [-0.25, -0.2) is 0 Å². The van der Waals surface area contributed by atoms with Gasteiger partial charge < -0.3 is 19.7 Å². The molecule has 2 N–H and O–H groups in total. The lowest BCUT2D eigenvalue weighted by molar-refractivity contribution is -0.283. The molecule has 0 aromatic carbocycles. The summed E-state index contributed by atoms with van der Waals surface area (Å²) >= 11 is 0. The lowest BCUT2D eigenvalue weighted by Crippen LogP contribution is -2.77. The second-order valence-corrected chi connectivity index (χ2v) is 12.1. The summed E-state index contributed by atoms with van der Waals surface area (Å²) in [6.45, 7) is 10.3. The first-order chi connectivity index (χ1) is 14.5. The highest BCUT2D eigenvalue weighted by Crippen LogP contribution is 2.88. The summed E-state index contributed by atoms with van der Waals surface area (Å²) in [4.78, 5) is 26.6. The summed E-state index contributed by atoms with van der Waals surface area (Å²) in [5.74, 6) is -0.782. The number of nitrogens with zero attached hydrogens (tertiary/aromatic N) is 1. The molecule has 3 saturated heterocycles. The maximum atomic E-state index is 12.4. The monoisotopic (exact) mass is 429 g/mol. The van der Waals surface area contributed by atoms with Gasteiger partial charge in [-0.05, 0) is 37.0 Å². The average molecular weight is 430 g/mol. The summed E-state index contributed by atoms with van der Waals surface area (Å²) in [5, 5.41) is 24.0. The molecular weight excluding hydrogens is 398 g/mol. The predicted molar refractivity (Wildman–Crippen MR) is 107 cm³/mol. The lowest BCUT2D eigenvalue weighted by atomic mass is 9.39. The normalized spacial score (nSPS) is 63.5. The van der Waals surface area contributed by atoms with Crippen molar-refractivity contribution in [1.82, 2.24) is 4.90 Å². The second-order valence-electron chi connectivity index (χ2n) is 12.1. The number of carbonyl (C=O) groups excluding carboxylic acids is 2. The van der Waals surface area contributed by atoms with E-state index in [9.17, 15) is 19.8 Å². The predicted octanol–water partition coefficient (Wildman–Crippen LogP) is 1.02. The Hall–Kier alpha value is -1.44. The van der Waals surface area contributed by atoms with E-state index < -0.39 is 29.1 Å². The minimum Gasteiger partial charge on any atom is -0.463 e. The fraction of sp³-hybridized carbons (Fsp3) is 0.833. The van der Waals surface area contributed by atoms with Gasteiger partial charge >= 0.3 is 11.9 Å². The number of fused-ring (bicyclic) bond motifs is 1. The number of carbonyl (C=O) groups is 2. The van der Waals surface area contributed by atoms with E-state index in [-0.39, 0.29) is 40.8 Å². The zero-order valence-corrected chi connectivity index (χ0v) is 18.3. The molecule has 31 heavy (non-hydrogen) atoms. The van der Waals surface area contributed by atoms with Crippen LogP contribution >= 0.6 is 0 Å². The van der Waals surface area contributed by atoms with Crippen molar-refractivity contribution in [3.8, 4) is 0 Å². The van der Waals surface area contributed by atoms with Gasteiger partial charge in [-0.15, -0.1) is 0 Å². The largest absolute Gasteiger partial charge is 0.463 e. The summed E-state index contributed by atoms with van der Waals surface area (Å²) in [7, 11) is 0. The standard InChI is InChI=1S/C24H31NO6/c1-10-5-22-8-14-17-21(4)6-13(30-11(2)26)7-23(17)18(22)16(31-12(3)27)15(10)19(28)24(22,29)20(23)25(14)9-21/h13-20,28-29H,1,5-9H2,2-4H3/t13-,14-,15+,16+,17+,18+,19+,20?,21-,22+,23-,24?/m1/s1. The Kier molecular flexibility index (Phi) is 3.10. The zero-order valence-electron chi connectivity index (χ0n) is 18.3. The molecule has 2 spiro atoms. The first-order valence-corrected chi connectivity index (χ1v) is 11.7. The van der Waals surface area contributed by atoms with E-state index in [4.69, 9.17) is 9.47 Å². The van der Waals surface area contributed by atoms with E-state index in [0.29, 0.717) is 24.8 Å². The van der Waals surface area contributed by atoms with Gasteiger partial charge in [-0.1, -0.05) is 19.1 Å². The molecule has 0 aromatic rings. The molecule has 3 aliphatic heterocycles. The molecular formula is C24H31NO6. The maximum Gasteiger partial charge on any atom is 0.302 e. The molecule has 3 heterocycles. The SMILES string of the molecule is C=C1C[C@@]23C[C@@H]4[C@H]5[C@]6(C)C[C@@H](OC(C)=O)C[C@@]57C(N4C6)C2(O)[C@@H](O)[C@@H]1[C@H](OC(C)=O)[C@H]73. The smallest absolute Gasteiger partial charge is 0.302 e. The molecule has 0 amide bonds. The van der Waals surface area contributed by atoms with Crippen LogP contribution in [0, 0.1) is 34.0 Å². The van der Waals surface area contributed by atoms with Gasteiger partial charge in [-0.3, -0.25) is 14.5 Å². The highest BCUT2D eigenvalue weighted by Gasteiger charge is 2.95. The third-order valence-electron chi connectivity index (χ3n) is 10.9. The quantitative estimate of drug-likeness (QED) is 0.500. The average Bonchev–Trinajstić information content (AvgIpc) is 3.04. The number of hydrogen-bond donors (Lipinski definition) is 2. The van der Waals surface area contributed by atoms with Crippen LogP contribution in [0.3, 0.4) is 0 Å². The number of rotatable bonds is 2. The molecule has 9 aliphatic rings. The fourth-order valence-electron chi connectivity index (χ4n) is 11.3. The van der Waals surface area contributed by atoms with Crippen LogP contribution in [-0.2, 0) is 19.1 Å². The molecule has 3 unspecified atom stereocenters. The Labute approximate surface area is 181 Å². The van der Waals surface area contributed by atoms with Crippen molar-refractivity contribution < 1.29 is 29.3 Å². The van der Waals surface area contributed by atoms with Gasteiger partial charge in [-0.2, -0.15) is 0 Å². The molecule has 168 valence electrons. The third kappa shape index (κ3) is 1.65. The Bertz CT molecular complexity index is 966. The van der Waals surface area contributed by atoms with Crippen molar-refractivity contribution in [1.29, 1.82) is 0 Å². The van der Waals surface area contributed by atoms with Gasteiger partial charge in [0.05, 0.1) is 6.10 Å². The number of hydrogen-bond acceptors (Lipinski definition) is 7. The van der Waals surface area contributed by atoms with E-state index in [0.717, 1.165) is 25.0 Å². The summed E-state index contributed by atoms with van der Waals surface area (Å²) in [6.07, 6.45) is 1.29. The molecule has 6 aliphatic carbocycles. The van der Waals surface area contributed by atoms with Gasteiger partial charge in [0.2, 0.25) is 0 Å². The summed E-state index contributed by atoms with van der Waals surface area (Å²) in [5.41, 5.74) is -1.23. The van der Waals surface area contributed by atoms with E-state index >= 15 is 0 Å². The van der Waals surface area contributed by atoms with Gasteiger partial charge in [0.1, 0.15) is 17.8 Å². The summed E-state index contributed by atoms with van der Waals surface area (Å²) in [6, 6.07) is 0.170. The molecule has 9 rings (SSSR count). The Morgan fingerprint density at radius 3 is 2.52 bits per heavy atom. The fourth-order valence-corrected chi connectivity index (χ4v) is 11.3. The Morgan fingerprint density at radius 1 is 1.13 bits per heavy atom. The van der Waals surface area contributed by atoms with Gasteiger partial charge in [0.15, 0.2) is 0 Å². The molecule has 7 nitrogen and oxygen atoms in total. The molecule has 9 bridgehead atoms. The molecule has 0 radical (unpaired) electrons. The minimum atomic E-state index is -1.25. The van der Waals surface area contributed by atoms with Crippen LogP contribution in [0.1, 0.15) is 46.5 Å². The first kappa shape index (κ1) is 19.1. The van der Waals surface area contributed by atoms with E-state index in [1.54, 1.807) is 0 Å². The van der Waals surface area contributed by atoms with Crippen LogP contribution in [0.2, 0.25) is 0 Å². The molecule has 7 heteroatoms. The summed E-state index contributed by atoms with van der Waals surface area (Å²) < 4.78 is 11.8. The van der Waals surface area contributed by atoms with Crippen molar-refractivity contribution in [3.05, 3.63) is 12.2 Å². The van der Waals surface area contributed by atoms with Crippen LogP contribution in [0.25, 0.3) is 0 Å². The third-order valence-corrected chi connectivity index (χ3v) is 10.9. The van der Waals surface area contributed by atoms with Gasteiger partial charge in [0, 0.05) is 55.1 Å². The van der Waals surface area contributed by atoms with Crippen LogP contribution in [0.5, 0.6) is 0 Å². The van der Waals surface area contributed by atoms with Crippen LogP contribution in [0.4, 0.5) is 0 Å². The van der Waals surface area contributed by atoms with E-state index in [2.05, 4.69) is 18.4 Å². The zero-order chi connectivity index (χ0) is 21.9. The highest BCUT2D eigenvalue weighted by atomic mass is 16.5. The van der Waals surface area contributed by atoms with Crippen molar-refractivity contribution in [2.24, 2.45) is 34.0 Å². The Balaban J connectivity index is 1.48. The van der Waals surface area contributed by atoms with Crippen molar-refractivity contribution in [2.45, 2.75) is 82.5 Å². The molecule has 6 saturated carbocycles. The lowest BCUT2D eigenvalue weighted by Gasteiger charge is -2.68. The van der Waals surface area contributed by atoms with E-state index in [1.165, 1.54) is 13.8 Å².